The Hall–Kier alpha value is -3.72. The van der Waals surface area contributed by atoms with Crippen molar-refractivity contribution < 1.29 is 14.3 Å². The van der Waals surface area contributed by atoms with Crippen LogP contribution >= 0.6 is 0 Å². The molecule has 142 valence electrons. The topological polar surface area (TPSA) is 43.4 Å². The molecule has 0 amide bonds. The average Bonchev–Trinajstić information content (AvgIpc) is 2.78. The van der Waals surface area contributed by atoms with Gasteiger partial charge in [0.05, 0.1) is 7.11 Å². The van der Waals surface area contributed by atoms with Crippen LogP contribution in [0, 0.1) is 6.92 Å². The molecule has 0 aliphatic rings. The number of hydrogen-bond donors (Lipinski definition) is 0. The van der Waals surface area contributed by atoms with E-state index in [1.165, 1.54) is 0 Å². The molecule has 0 fully saturated rings. The minimum atomic E-state index is -0.0722. The number of rotatable bonds is 5. The zero-order valence-electron chi connectivity index (χ0n) is 16.3. The van der Waals surface area contributed by atoms with E-state index in [1.807, 2.05) is 67.6 Å². The fraction of sp³-hybridized carbons (Fsp3) is 0.0769. The van der Waals surface area contributed by atoms with E-state index < -0.39 is 0 Å². The highest BCUT2D eigenvalue weighted by molar-refractivity contribution is 6.12. The molecule has 0 aliphatic heterocycles. The second-order valence-corrected chi connectivity index (χ2v) is 7.03. The second-order valence-electron chi connectivity index (χ2n) is 7.03. The Bertz CT molecular complexity index is 1200. The van der Waals surface area contributed by atoms with Crippen LogP contribution in [-0.4, -0.2) is 18.7 Å². The summed E-state index contributed by atoms with van der Waals surface area (Å²) < 4.78 is 5.24. The number of carbonyl (C=O) groups excluding carboxylic acids is 2. The Labute approximate surface area is 169 Å². The van der Waals surface area contributed by atoms with E-state index in [4.69, 9.17) is 4.74 Å². The van der Waals surface area contributed by atoms with Crippen molar-refractivity contribution in [2.45, 2.75) is 6.92 Å². The molecule has 3 heteroatoms. The van der Waals surface area contributed by atoms with Gasteiger partial charge >= 0.3 is 0 Å². The number of hydrogen-bond acceptors (Lipinski definition) is 3. The average molecular weight is 380 g/mol. The minimum Gasteiger partial charge on any atom is -0.497 e. The molecule has 4 aromatic rings. The zero-order valence-corrected chi connectivity index (χ0v) is 16.3. The SMILES string of the molecule is COc1ccc2cc(C(=O)c3ccc(C(=O)c4ccc(C)cc4)cc3)ccc2c1. The van der Waals surface area contributed by atoms with E-state index in [-0.39, 0.29) is 11.6 Å². The van der Waals surface area contributed by atoms with Gasteiger partial charge in [-0.15, -0.1) is 0 Å². The predicted molar refractivity (Wildman–Crippen MR) is 115 cm³/mol. The van der Waals surface area contributed by atoms with Crippen molar-refractivity contribution in [3.63, 3.8) is 0 Å². The summed E-state index contributed by atoms with van der Waals surface area (Å²) in [5.41, 5.74) is 3.48. The summed E-state index contributed by atoms with van der Waals surface area (Å²) in [5, 5.41) is 1.99. The third kappa shape index (κ3) is 3.81. The van der Waals surface area contributed by atoms with Gasteiger partial charge in [-0.1, -0.05) is 72.3 Å². The lowest BCUT2D eigenvalue weighted by atomic mass is 9.97. The summed E-state index contributed by atoms with van der Waals surface area (Å²) in [6, 6.07) is 25.7. The van der Waals surface area contributed by atoms with Gasteiger partial charge in [-0.05, 0) is 35.9 Å². The maximum Gasteiger partial charge on any atom is 0.193 e. The molecule has 0 N–H and O–H groups in total. The van der Waals surface area contributed by atoms with E-state index in [1.54, 1.807) is 31.4 Å². The first kappa shape index (κ1) is 18.6. The van der Waals surface area contributed by atoms with Gasteiger partial charge in [0.2, 0.25) is 0 Å². The van der Waals surface area contributed by atoms with Crippen molar-refractivity contribution in [2.24, 2.45) is 0 Å². The maximum absolute atomic E-state index is 12.9. The molecular weight excluding hydrogens is 360 g/mol. The lowest BCUT2D eigenvalue weighted by molar-refractivity contribution is 0.102. The van der Waals surface area contributed by atoms with Crippen LogP contribution < -0.4 is 4.74 Å². The van der Waals surface area contributed by atoms with E-state index in [0.717, 1.165) is 22.1 Å². The van der Waals surface area contributed by atoms with Crippen LogP contribution in [-0.2, 0) is 0 Å². The number of carbonyl (C=O) groups is 2. The Balaban J connectivity index is 1.58. The van der Waals surface area contributed by atoms with Crippen LogP contribution in [0.15, 0.2) is 84.9 Å². The quantitative estimate of drug-likeness (QED) is 0.422. The first-order chi connectivity index (χ1) is 14.0. The van der Waals surface area contributed by atoms with Crippen LogP contribution in [0.4, 0.5) is 0 Å². The van der Waals surface area contributed by atoms with Crippen LogP contribution in [0.5, 0.6) is 5.75 Å². The molecule has 0 unspecified atom stereocenters. The molecular formula is C26H20O3. The number of methoxy groups -OCH3 is 1. The zero-order chi connectivity index (χ0) is 20.4. The standard InChI is InChI=1S/C26H20O3/c1-17-3-5-18(6-4-17)25(27)19-7-9-20(10-8-19)26(28)23-12-11-22-16-24(29-2)14-13-21(22)15-23/h3-16H,1-2H3. The Kier molecular flexibility index (Phi) is 4.96. The molecule has 29 heavy (non-hydrogen) atoms. The summed E-state index contributed by atoms with van der Waals surface area (Å²) in [4.78, 5) is 25.5. The van der Waals surface area contributed by atoms with Crippen molar-refractivity contribution in [1.29, 1.82) is 0 Å². The van der Waals surface area contributed by atoms with Crippen LogP contribution in [0.1, 0.15) is 37.4 Å². The van der Waals surface area contributed by atoms with Gasteiger partial charge in [-0.25, -0.2) is 0 Å². The maximum atomic E-state index is 12.9. The molecule has 0 radical (unpaired) electrons. The molecule has 0 atom stereocenters. The van der Waals surface area contributed by atoms with Gasteiger partial charge in [-0.2, -0.15) is 0 Å². The van der Waals surface area contributed by atoms with Gasteiger partial charge in [0.25, 0.3) is 0 Å². The molecule has 0 heterocycles. The summed E-state index contributed by atoms with van der Waals surface area (Å²) in [6.45, 7) is 1.98. The van der Waals surface area contributed by atoms with Gasteiger partial charge in [0.15, 0.2) is 11.6 Å². The Morgan fingerprint density at radius 2 is 1.03 bits per heavy atom. The molecule has 0 aliphatic carbocycles. The fourth-order valence-corrected chi connectivity index (χ4v) is 3.30. The van der Waals surface area contributed by atoms with Crippen LogP contribution in [0.25, 0.3) is 10.8 Å². The summed E-state index contributed by atoms with van der Waals surface area (Å²) >= 11 is 0. The van der Waals surface area contributed by atoms with E-state index >= 15 is 0 Å². The van der Waals surface area contributed by atoms with Gasteiger partial charge in [0.1, 0.15) is 5.75 Å². The normalized spacial score (nSPS) is 10.7. The number of aryl methyl sites for hydroxylation is 1. The van der Waals surface area contributed by atoms with Gasteiger partial charge < -0.3 is 4.74 Å². The van der Waals surface area contributed by atoms with Crippen molar-refractivity contribution >= 4 is 22.3 Å². The van der Waals surface area contributed by atoms with Gasteiger partial charge in [-0.3, -0.25) is 9.59 Å². The Morgan fingerprint density at radius 3 is 1.62 bits per heavy atom. The van der Waals surface area contributed by atoms with E-state index in [0.29, 0.717) is 22.3 Å². The monoisotopic (exact) mass is 380 g/mol. The lowest BCUT2D eigenvalue weighted by Crippen LogP contribution is -2.04. The molecule has 0 saturated heterocycles. The Morgan fingerprint density at radius 1 is 0.586 bits per heavy atom. The molecule has 0 aromatic heterocycles. The number of benzene rings is 4. The molecule has 0 saturated carbocycles. The number of ether oxygens (including phenoxy) is 1. The summed E-state index contributed by atoms with van der Waals surface area (Å²) in [7, 11) is 1.63. The minimum absolute atomic E-state index is 0.0522. The second kappa shape index (κ2) is 7.72. The van der Waals surface area contributed by atoms with Crippen LogP contribution in [0.2, 0.25) is 0 Å². The summed E-state index contributed by atoms with van der Waals surface area (Å²) in [6.07, 6.45) is 0. The lowest BCUT2D eigenvalue weighted by Gasteiger charge is -2.07. The highest BCUT2D eigenvalue weighted by Crippen LogP contribution is 2.23. The first-order valence-corrected chi connectivity index (χ1v) is 9.39. The molecule has 4 aromatic carbocycles. The number of fused-ring (bicyclic) bond motifs is 1. The van der Waals surface area contributed by atoms with Crippen molar-refractivity contribution in [3.8, 4) is 5.75 Å². The van der Waals surface area contributed by atoms with Crippen molar-refractivity contribution in [1.82, 2.24) is 0 Å². The van der Waals surface area contributed by atoms with Crippen molar-refractivity contribution in [3.05, 3.63) is 113 Å². The number of ketones is 2. The van der Waals surface area contributed by atoms with E-state index in [2.05, 4.69) is 0 Å². The highest BCUT2D eigenvalue weighted by atomic mass is 16.5. The van der Waals surface area contributed by atoms with Gasteiger partial charge in [0, 0.05) is 22.3 Å². The highest BCUT2D eigenvalue weighted by Gasteiger charge is 2.13. The molecule has 4 rings (SSSR count). The first-order valence-electron chi connectivity index (χ1n) is 9.39. The molecule has 0 bridgehead atoms. The largest absolute Gasteiger partial charge is 0.497 e. The third-order valence-corrected chi connectivity index (χ3v) is 5.03. The fourth-order valence-electron chi connectivity index (χ4n) is 3.30. The van der Waals surface area contributed by atoms with Crippen LogP contribution in [0.3, 0.4) is 0 Å². The van der Waals surface area contributed by atoms with Crippen molar-refractivity contribution in [2.75, 3.05) is 7.11 Å². The molecule has 0 spiro atoms. The predicted octanol–water partition coefficient (Wildman–Crippen LogP) is 5.62. The third-order valence-electron chi connectivity index (χ3n) is 5.03. The smallest absolute Gasteiger partial charge is 0.193 e. The summed E-state index contributed by atoms with van der Waals surface area (Å²) in [5.74, 6) is 0.658. The van der Waals surface area contributed by atoms with E-state index in [9.17, 15) is 9.59 Å². The molecule has 3 nitrogen and oxygen atoms in total.